The summed E-state index contributed by atoms with van der Waals surface area (Å²) in [5.74, 6) is 0.636. The van der Waals surface area contributed by atoms with Crippen molar-refractivity contribution in [2.75, 3.05) is 11.5 Å². The van der Waals surface area contributed by atoms with Crippen LogP contribution in [0.2, 0.25) is 5.02 Å². The first-order valence-corrected chi connectivity index (χ1v) is 8.06. The standard InChI is InChI=1S/C15H18ClNO3S/c1-3-21-9-10(2)17-15(20)12-5-4-11(13(16)8-12)6-7-14(18)19/h4-8,10H,3,9H2,1-2H3,(H,17,20)(H,18,19)/b7-6+. The fourth-order valence-corrected chi connectivity index (χ4v) is 2.52. The lowest BCUT2D eigenvalue weighted by molar-refractivity contribution is -0.131. The summed E-state index contributed by atoms with van der Waals surface area (Å²) in [5, 5.41) is 11.8. The van der Waals surface area contributed by atoms with E-state index in [9.17, 15) is 9.59 Å². The van der Waals surface area contributed by atoms with Crippen LogP contribution in [0, 0.1) is 0 Å². The van der Waals surface area contributed by atoms with E-state index in [0.29, 0.717) is 16.1 Å². The van der Waals surface area contributed by atoms with Crippen molar-refractivity contribution in [1.29, 1.82) is 0 Å². The molecule has 0 bridgehead atoms. The molecule has 2 N–H and O–H groups in total. The van der Waals surface area contributed by atoms with Gasteiger partial charge < -0.3 is 10.4 Å². The molecule has 1 aromatic rings. The molecule has 0 radical (unpaired) electrons. The second-order valence-electron chi connectivity index (χ2n) is 4.44. The zero-order valence-electron chi connectivity index (χ0n) is 11.9. The second kappa shape index (κ2) is 8.74. The van der Waals surface area contributed by atoms with E-state index in [1.807, 2.05) is 6.92 Å². The highest BCUT2D eigenvalue weighted by Gasteiger charge is 2.11. The Hall–Kier alpha value is -1.46. The van der Waals surface area contributed by atoms with Gasteiger partial charge in [0.15, 0.2) is 0 Å². The predicted molar refractivity (Wildman–Crippen MR) is 88.0 cm³/mol. The Morgan fingerprint density at radius 1 is 1.48 bits per heavy atom. The van der Waals surface area contributed by atoms with Crippen LogP contribution in [0.4, 0.5) is 0 Å². The Balaban J connectivity index is 2.74. The highest BCUT2D eigenvalue weighted by atomic mass is 35.5. The molecule has 0 aliphatic heterocycles. The maximum Gasteiger partial charge on any atom is 0.328 e. The van der Waals surface area contributed by atoms with Crippen LogP contribution in [0.1, 0.15) is 29.8 Å². The van der Waals surface area contributed by atoms with Crippen molar-refractivity contribution in [2.45, 2.75) is 19.9 Å². The van der Waals surface area contributed by atoms with Gasteiger partial charge in [-0.1, -0.05) is 24.6 Å². The molecule has 0 saturated carbocycles. The number of hydrogen-bond donors (Lipinski definition) is 2. The first-order chi connectivity index (χ1) is 9.93. The summed E-state index contributed by atoms with van der Waals surface area (Å²) in [6, 6.07) is 4.87. The molecule has 0 saturated heterocycles. The molecule has 1 atom stereocenters. The number of nitrogens with one attached hydrogen (secondary N) is 1. The van der Waals surface area contributed by atoms with Crippen molar-refractivity contribution in [3.63, 3.8) is 0 Å². The Morgan fingerprint density at radius 2 is 2.19 bits per heavy atom. The number of hydrogen-bond acceptors (Lipinski definition) is 3. The van der Waals surface area contributed by atoms with Crippen LogP contribution in [0.15, 0.2) is 24.3 Å². The van der Waals surface area contributed by atoms with Crippen LogP contribution >= 0.6 is 23.4 Å². The van der Waals surface area contributed by atoms with Crippen molar-refractivity contribution in [1.82, 2.24) is 5.32 Å². The van der Waals surface area contributed by atoms with Gasteiger partial charge in [-0.25, -0.2) is 4.79 Å². The van der Waals surface area contributed by atoms with Crippen LogP contribution in [-0.4, -0.2) is 34.5 Å². The number of aliphatic carboxylic acids is 1. The van der Waals surface area contributed by atoms with E-state index in [1.165, 1.54) is 12.1 Å². The van der Waals surface area contributed by atoms with Gasteiger partial charge in [-0.3, -0.25) is 4.79 Å². The van der Waals surface area contributed by atoms with E-state index >= 15 is 0 Å². The second-order valence-corrected chi connectivity index (χ2v) is 6.17. The van der Waals surface area contributed by atoms with Crippen molar-refractivity contribution < 1.29 is 14.7 Å². The van der Waals surface area contributed by atoms with Gasteiger partial charge in [0, 0.05) is 28.5 Å². The van der Waals surface area contributed by atoms with Crippen LogP contribution in [0.25, 0.3) is 6.08 Å². The van der Waals surface area contributed by atoms with Gasteiger partial charge in [0.25, 0.3) is 5.91 Å². The monoisotopic (exact) mass is 327 g/mol. The first kappa shape index (κ1) is 17.6. The molecule has 1 aromatic carbocycles. The molecule has 1 rings (SSSR count). The Morgan fingerprint density at radius 3 is 2.76 bits per heavy atom. The average Bonchev–Trinajstić information content (AvgIpc) is 2.43. The van der Waals surface area contributed by atoms with E-state index in [2.05, 4.69) is 12.2 Å². The number of carbonyl (C=O) groups excluding carboxylic acids is 1. The van der Waals surface area contributed by atoms with E-state index in [4.69, 9.17) is 16.7 Å². The van der Waals surface area contributed by atoms with Crippen LogP contribution < -0.4 is 5.32 Å². The summed E-state index contributed by atoms with van der Waals surface area (Å²) in [4.78, 5) is 22.5. The molecule has 0 aliphatic carbocycles. The first-order valence-electron chi connectivity index (χ1n) is 6.53. The summed E-state index contributed by atoms with van der Waals surface area (Å²) < 4.78 is 0. The summed E-state index contributed by atoms with van der Waals surface area (Å²) in [6.07, 6.45) is 2.40. The van der Waals surface area contributed by atoms with Crippen molar-refractivity contribution >= 4 is 41.3 Å². The highest BCUT2D eigenvalue weighted by Crippen LogP contribution is 2.19. The van der Waals surface area contributed by atoms with Crippen molar-refractivity contribution in [3.8, 4) is 0 Å². The van der Waals surface area contributed by atoms with E-state index in [0.717, 1.165) is 17.6 Å². The lowest BCUT2D eigenvalue weighted by Crippen LogP contribution is -2.34. The molecular weight excluding hydrogens is 310 g/mol. The van der Waals surface area contributed by atoms with Crippen molar-refractivity contribution in [3.05, 3.63) is 40.4 Å². The van der Waals surface area contributed by atoms with Crippen molar-refractivity contribution in [2.24, 2.45) is 0 Å². The molecule has 1 amide bonds. The van der Waals surface area contributed by atoms with E-state index in [-0.39, 0.29) is 11.9 Å². The highest BCUT2D eigenvalue weighted by molar-refractivity contribution is 7.99. The zero-order valence-corrected chi connectivity index (χ0v) is 13.5. The van der Waals surface area contributed by atoms with Crippen LogP contribution in [-0.2, 0) is 4.79 Å². The minimum atomic E-state index is -1.05. The normalized spacial score (nSPS) is 12.3. The number of amides is 1. The fraction of sp³-hybridized carbons (Fsp3) is 0.333. The van der Waals surface area contributed by atoms with Crippen LogP contribution in [0.5, 0.6) is 0 Å². The summed E-state index contributed by atoms with van der Waals surface area (Å²) >= 11 is 7.81. The smallest absolute Gasteiger partial charge is 0.328 e. The number of thioether (sulfide) groups is 1. The molecule has 0 aliphatic rings. The maximum atomic E-state index is 12.1. The molecule has 0 heterocycles. The van der Waals surface area contributed by atoms with Gasteiger partial charge in [0.1, 0.15) is 0 Å². The molecule has 21 heavy (non-hydrogen) atoms. The zero-order chi connectivity index (χ0) is 15.8. The van der Waals surface area contributed by atoms with Gasteiger partial charge >= 0.3 is 5.97 Å². The quantitative estimate of drug-likeness (QED) is 0.754. The predicted octanol–water partition coefficient (Wildman–Crippen LogP) is 3.31. The molecule has 6 heteroatoms. The third-order valence-corrected chi connectivity index (χ3v) is 4.09. The number of carboxylic acid groups (broad SMARTS) is 1. The third kappa shape index (κ3) is 6.23. The number of carboxylic acids is 1. The molecule has 0 spiro atoms. The molecule has 1 unspecified atom stereocenters. The SMILES string of the molecule is CCSCC(C)NC(=O)c1ccc(/C=C/C(=O)O)c(Cl)c1. The van der Waals surface area contributed by atoms with E-state index < -0.39 is 5.97 Å². The Labute approximate surface area is 133 Å². The fourth-order valence-electron chi connectivity index (χ4n) is 1.61. The average molecular weight is 328 g/mol. The number of carbonyl (C=O) groups is 2. The summed E-state index contributed by atoms with van der Waals surface area (Å²) in [5.41, 5.74) is 1.02. The van der Waals surface area contributed by atoms with Gasteiger partial charge in [-0.05, 0) is 36.4 Å². The minimum absolute atomic E-state index is 0.0767. The maximum absolute atomic E-state index is 12.1. The number of halogens is 1. The molecule has 0 aromatic heterocycles. The lowest BCUT2D eigenvalue weighted by Gasteiger charge is -2.13. The lowest BCUT2D eigenvalue weighted by atomic mass is 10.1. The molecular formula is C15H18ClNO3S. The summed E-state index contributed by atoms with van der Waals surface area (Å²) in [7, 11) is 0. The van der Waals surface area contributed by atoms with E-state index in [1.54, 1.807) is 23.9 Å². The largest absolute Gasteiger partial charge is 0.478 e. The Bertz CT molecular complexity index is 546. The summed E-state index contributed by atoms with van der Waals surface area (Å²) in [6.45, 7) is 4.02. The van der Waals surface area contributed by atoms with Gasteiger partial charge in [0.2, 0.25) is 0 Å². The third-order valence-electron chi connectivity index (χ3n) is 2.62. The number of rotatable bonds is 7. The van der Waals surface area contributed by atoms with Gasteiger partial charge in [-0.2, -0.15) is 11.8 Å². The molecule has 4 nitrogen and oxygen atoms in total. The minimum Gasteiger partial charge on any atom is -0.478 e. The van der Waals surface area contributed by atoms with Crippen LogP contribution in [0.3, 0.4) is 0 Å². The van der Waals surface area contributed by atoms with Gasteiger partial charge in [-0.15, -0.1) is 0 Å². The Kier molecular flexibility index (Phi) is 7.32. The van der Waals surface area contributed by atoms with Gasteiger partial charge in [0.05, 0.1) is 0 Å². The topological polar surface area (TPSA) is 66.4 Å². The molecule has 0 fully saturated rings. The number of benzene rings is 1. The molecule has 114 valence electrons.